The van der Waals surface area contributed by atoms with E-state index in [0.29, 0.717) is 42.9 Å². The fourth-order valence-corrected chi connectivity index (χ4v) is 6.08. The quantitative estimate of drug-likeness (QED) is 0.803. The first kappa shape index (κ1) is 17.8. The van der Waals surface area contributed by atoms with Crippen molar-refractivity contribution in [3.05, 3.63) is 17.5 Å². The number of likely N-dealkylation sites (tertiary alicyclic amines) is 1. The van der Waals surface area contributed by atoms with Gasteiger partial charge in [0.25, 0.3) is 15.9 Å². The van der Waals surface area contributed by atoms with Crippen molar-refractivity contribution in [1.29, 1.82) is 0 Å². The summed E-state index contributed by atoms with van der Waals surface area (Å²) < 4.78 is 27.0. The Balaban J connectivity index is 1.51. The van der Waals surface area contributed by atoms with E-state index in [1.165, 1.54) is 22.7 Å². The van der Waals surface area contributed by atoms with E-state index >= 15 is 0 Å². The van der Waals surface area contributed by atoms with E-state index in [1.54, 1.807) is 21.8 Å². The van der Waals surface area contributed by atoms with Crippen LogP contribution >= 0.6 is 11.3 Å². The van der Waals surface area contributed by atoms with Gasteiger partial charge in [-0.05, 0) is 30.2 Å². The maximum Gasteiger partial charge on any atom is 0.277 e. The molecule has 3 rings (SSSR count). The molecule has 0 aromatic carbocycles. The molecular weight excluding hydrogens is 346 g/mol. The van der Waals surface area contributed by atoms with Gasteiger partial charge in [0.1, 0.15) is 4.21 Å². The van der Waals surface area contributed by atoms with Gasteiger partial charge in [-0.15, -0.1) is 11.3 Å². The molecule has 0 spiro atoms. The lowest BCUT2D eigenvalue weighted by atomic mass is 10.0. The average molecular weight is 373 g/mol. The van der Waals surface area contributed by atoms with E-state index in [1.807, 2.05) is 4.90 Å². The SMILES string of the molecule is C[C@H]1CCCN(C(=O)C[NH+]2CCN(S(=O)(=O)c3cccs3)CC2)C1. The van der Waals surface area contributed by atoms with Crippen molar-refractivity contribution in [3.8, 4) is 0 Å². The molecule has 6 nitrogen and oxygen atoms in total. The molecule has 0 radical (unpaired) electrons. The number of quaternary nitrogens is 1. The smallest absolute Gasteiger partial charge is 0.277 e. The molecule has 1 aromatic rings. The predicted molar refractivity (Wildman–Crippen MR) is 93.6 cm³/mol. The predicted octanol–water partition coefficient (Wildman–Crippen LogP) is -0.104. The first-order valence-corrected chi connectivity index (χ1v) is 10.9. The second-order valence-corrected chi connectivity index (χ2v) is 9.96. The van der Waals surface area contributed by atoms with Crippen LogP contribution in [0.15, 0.2) is 21.7 Å². The van der Waals surface area contributed by atoms with Gasteiger partial charge in [0, 0.05) is 13.1 Å². The Morgan fingerprint density at radius 3 is 2.71 bits per heavy atom. The molecule has 8 heteroatoms. The standard InChI is InChI=1S/C16H25N3O3S2/c1-14-4-2-6-18(12-14)15(20)13-17-7-9-19(10-8-17)24(21,22)16-5-3-11-23-16/h3,5,11,14H,2,4,6-10,12-13H2,1H3/p+1/t14-/m0/s1. The third-order valence-electron chi connectivity index (χ3n) is 4.93. The Kier molecular flexibility index (Phi) is 5.59. The van der Waals surface area contributed by atoms with Crippen molar-refractivity contribution in [2.75, 3.05) is 45.8 Å². The second kappa shape index (κ2) is 7.51. The minimum absolute atomic E-state index is 0.214. The van der Waals surface area contributed by atoms with E-state index in [-0.39, 0.29) is 5.91 Å². The molecule has 1 atom stereocenters. The van der Waals surface area contributed by atoms with E-state index in [2.05, 4.69) is 6.92 Å². The number of amides is 1. The topological polar surface area (TPSA) is 62.1 Å². The van der Waals surface area contributed by atoms with Crippen molar-refractivity contribution >= 4 is 27.3 Å². The van der Waals surface area contributed by atoms with Crippen LogP contribution < -0.4 is 4.90 Å². The highest BCUT2D eigenvalue weighted by atomic mass is 32.2. The summed E-state index contributed by atoms with van der Waals surface area (Å²) >= 11 is 1.26. The monoisotopic (exact) mass is 372 g/mol. The van der Waals surface area contributed by atoms with Gasteiger partial charge in [-0.1, -0.05) is 13.0 Å². The highest BCUT2D eigenvalue weighted by Gasteiger charge is 2.32. The van der Waals surface area contributed by atoms with Gasteiger partial charge in [-0.3, -0.25) is 4.79 Å². The van der Waals surface area contributed by atoms with E-state index < -0.39 is 10.0 Å². The van der Waals surface area contributed by atoms with Crippen LogP contribution in [0.4, 0.5) is 0 Å². The van der Waals surface area contributed by atoms with Crippen LogP contribution in [0.25, 0.3) is 0 Å². The maximum absolute atomic E-state index is 12.5. The van der Waals surface area contributed by atoms with Gasteiger partial charge in [0.15, 0.2) is 6.54 Å². The Bertz CT molecular complexity index is 652. The molecule has 3 heterocycles. The number of rotatable bonds is 4. The highest BCUT2D eigenvalue weighted by Crippen LogP contribution is 2.20. The van der Waals surface area contributed by atoms with Gasteiger partial charge in [-0.2, -0.15) is 4.31 Å². The molecule has 0 bridgehead atoms. The molecular formula is C16H26N3O3S2+. The summed E-state index contributed by atoms with van der Waals surface area (Å²) in [6.45, 7) is 6.78. The molecule has 0 saturated carbocycles. The Morgan fingerprint density at radius 1 is 1.33 bits per heavy atom. The summed E-state index contributed by atoms with van der Waals surface area (Å²) in [5.41, 5.74) is 0. The summed E-state index contributed by atoms with van der Waals surface area (Å²) in [6, 6.07) is 3.41. The lowest BCUT2D eigenvalue weighted by Crippen LogP contribution is -3.15. The zero-order valence-corrected chi connectivity index (χ0v) is 15.7. The third-order valence-corrected chi connectivity index (χ3v) is 8.20. The normalized spacial score (nSPS) is 24.2. The summed E-state index contributed by atoms with van der Waals surface area (Å²) in [6.07, 6.45) is 2.30. The highest BCUT2D eigenvalue weighted by molar-refractivity contribution is 7.91. The van der Waals surface area contributed by atoms with Crippen molar-refractivity contribution in [2.45, 2.75) is 24.0 Å². The summed E-state index contributed by atoms with van der Waals surface area (Å²) in [5, 5.41) is 1.78. The van der Waals surface area contributed by atoms with E-state index in [4.69, 9.17) is 0 Å². The first-order valence-electron chi connectivity index (χ1n) is 8.62. The van der Waals surface area contributed by atoms with Crippen LogP contribution in [-0.4, -0.2) is 69.3 Å². The number of carbonyl (C=O) groups is 1. The number of thiophene rings is 1. The minimum atomic E-state index is -3.36. The lowest BCUT2D eigenvalue weighted by molar-refractivity contribution is -0.896. The molecule has 1 aromatic heterocycles. The van der Waals surface area contributed by atoms with Crippen LogP contribution in [0.1, 0.15) is 19.8 Å². The van der Waals surface area contributed by atoms with Gasteiger partial charge in [0.05, 0.1) is 26.2 Å². The number of carbonyl (C=O) groups excluding carboxylic acids is 1. The third kappa shape index (κ3) is 3.99. The van der Waals surface area contributed by atoms with Crippen LogP contribution in [0, 0.1) is 5.92 Å². The molecule has 24 heavy (non-hydrogen) atoms. The number of nitrogens with one attached hydrogen (secondary N) is 1. The van der Waals surface area contributed by atoms with Gasteiger partial charge >= 0.3 is 0 Å². The fraction of sp³-hybridized carbons (Fsp3) is 0.688. The molecule has 0 aliphatic carbocycles. The fourth-order valence-electron chi connectivity index (χ4n) is 3.50. The number of nitrogens with zero attached hydrogens (tertiary/aromatic N) is 2. The van der Waals surface area contributed by atoms with Crippen LogP contribution in [0.3, 0.4) is 0 Å². The van der Waals surface area contributed by atoms with Gasteiger partial charge in [-0.25, -0.2) is 8.42 Å². The van der Waals surface area contributed by atoms with Crippen LogP contribution in [-0.2, 0) is 14.8 Å². The van der Waals surface area contributed by atoms with Crippen molar-refractivity contribution in [2.24, 2.45) is 5.92 Å². The second-order valence-electron chi connectivity index (χ2n) is 6.85. The maximum atomic E-state index is 12.5. The summed E-state index contributed by atoms with van der Waals surface area (Å²) in [5.74, 6) is 0.802. The molecule has 1 amide bonds. The Morgan fingerprint density at radius 2 is 2.08 bits per heavy atom. The largest absolute Gasteiger partial charge is 0.338 e. The van der Waals surface area contributed by atoms with E-state index in [9.17, 15) is 13.2 Å². The number of piperazine rings is 1. The molecule has 2 fully saturated rings. The van der Waals surface area contributed by atoms with Gasteiger partial charge < -0.3 is 9.80 Å². The Hall–Kier alpha value is -0.960. The molecule has 134 valence electrons. The molecule has 0 unspecified atom stereocenters. The van der Waals surface area contributed by atoms with Crippen molar-refractivity contribution in [1.82, 2.24) is 9.21 Å². The number of hydrogen-bond donors (Lipinski definition) is 1. The van der Waals surface area contributed by atoms with Crippen molar-refractivity contribution in [3.63, 3.8) is 0 Å². The van der Waals surface area contributed by atoms with Gasteiger partial charge in [0.2, 0.25) is 0 Å². The summed E-state index contributed by atoms with van der Waals surface area (Å²) in [4.78, 5) is 15.6. The minimum Gasteiger partial charge on any atom is -0.338 e. The lowest BCUT2D eigenvalue weighted by Gasteiger charge is -2.34. The molecule has 2 saturated heterocycles. The number of piperidine rings is 1. The summed E-state index contributed by atoms with van der Waals surface area (Å²) in [7, 11) is -3.36. The average Bonchev–Trinajstić information content (AvgIpc) is 3.10. The van der Waals surface area contributed by atoms with E-state index in [0.717, 1.165) is 19.5 Å². The van der Waals surface area contributed by atoms with Crippen molar-refractivity contribution < 1.29 is 18.1 Å². The number of hydrogen-bond acceptors (Lipinski definition) is 4. The Labute approximate surface area is 148 Å². The zero-order chi connectivity index (χ0) is 17.2. The molecule has 2 aliphatic heterocycles. The van der Waals surface area contributed by atoms with Crippen LogP contribution in [0.2, 0.25) is 0 Å². The number of sulfonamides is 1. The molecule has 1 N–H and O–H groups in total. The molecule has 2 aliphatic rings. The van der Waals surface area contributed by atoms with Crippen LogP contribution in [0.5, 0.6) is 0 Å². The zero-order valence-electron chi connectivity index (χ0n) is 14.1. The first-order chi connectivity index (χ1) is 11.5.